The van der Waals surface area contributed by atoms with E-state index in [9.17, 15) is 0 Å². The molecule has 3 atom stereocenters. The van der Waals surface area contributed by atoms with Crippen molar-refractivity contribution in [3.05, 3.63) is 180 Å². The minimum absolute atomic E-state index is 0.0451. The van der Waals surface area contributed by atoms with Gasteiger partial charge in [0.1, 0.15) is 18.2 Å². The van der Waals surface area contributed by atoms with Gasteiger partial charge in [0.25, 0.3) is 0 Å². The number of allylic oxidation sites excluding steroid dienone is 5. The molecule has 2 heterocycles. The average Bonchev–Trinajstić information content (AvgIpc) is 3.65. The van der Waals surface area contributed by atoms with Crippen molar-refractivity contribution in [3.63, 3.8) is 0 Å². The maximum absolute atomic E-state index is 5.34. The lowest BCUT2D eigenvalue weighted by molar-refractivity contribution is 0.425. The van der Waals surface area contributed by atoms with Crippen molar-refractivity contribution in [2.45, 2.75) is 56.9 Å². The fourth-order valence-corrected chi connectivity index (χ4v) is 8.98. The fraction of sp³-hybridized carbons (Fsp3) is 0.188. The molecule has 4 nitrogen and oxygen atoms in total. The summed E-state index contributed by atoms with van der Waals surface area (Å²) in [5.74, 6) is 0.943. The minimum Gasteiger partial charge on any atom is -0.350 e. The molecule has 5 aromatic carbocycles. The van der Waals surface area contributed by atoms with Gasteiger partial charge in [-0.1, -0.05) is 141 Å². The Kier molecular flexibility index (Phi) is 7.29. The van der Waals surface area contributed by atoms with Crippen LogP contribution < -0.4 is 10.6 Å². The van der Waals surface area contributed by atoms with Gasteiger partial charge in [-0.15, -0.1) is 0 Å². The van der Waals surface area contributed by atoms with Gasteiger partial charge in [-0.2, -0.15) is 0 Å². The monoisotopic (exact) mass is 674 g/mol. The zero-order valence-corrected chi connectivity index (χ0v) is 29.7. The van der Waals surface area contributed by atoms with Crippen LogP contribution in [0, 0.1) is 0 Å². The first-order valence-electron chi connectivity index (χ1n) is 18.7. The maximum Gasteiger partial charge on any atom is 0.131 e. The molecule has 0 amide bonds. The summed E-state index contributed by atoms with van der Waals surface area (Å²) in [6, 6.07) is 42.6. The van der Waals surface area contributed by atoms with Crippen molar-refractivity contribution < 1.29 is 0 Å². The van der Waals surface area contributed by atoms with Crippen LogP contribution >= 0.6 is 0 Å². The normalized spacial score (nSPS) is 21.7. The van der Waals surface area contributed by atoms with E-state index in [4.69, 9.17) is 4.99 Å². The van der Waals surface area contributed by atoms with E-state index in [1.807, 2.05) is 0 Å². The van der Waals surface area contributed by atoms with Crippen LogP contribution in [0.3, 0.4) is 0 Å². The van der Waals surface area contributed by atoms with E-state index < -0.39 is 0 Å². The molecule has 2 N–H and O–H groups in total. The lowest BCUT2D eigenvalue weighted by atomic mass is 9.82. The Hall–Kier alpha value is -5.71. The van der Waals surface area contributed by atoms with E-state index in [0.29, 0.717) is 0 Å². The summed E-state index contributed by atoms with van der Waals surface area (Å²) in [5, 5.41) is 10.2. The number of aliphatic imine (C=N–C) groups is 1. The Morgan fingerprint density at radius 1 is 0.731 bits per heavy atom. The first-order chi connectivity index (χ1) is 25.5. The van der Waals surface area contributed by atoms with Crippen molar-refractivity contribution in [1.82, 2.24) is 15.2 Å². The Labute approximate surface area is 305 Å². The second-order valence-corrected chi connectivity index (χ2v) is 15.1. The smallest absolute Gasteiger partial charge is 0.131 e. The third-order valence-electron chi connectivity index (χ3n) is 11.7. The van der Waals surface area contributed by atoms with Gasteiger partial charge >= 0.3 is 0 Å². The fourth-order valence-electron chi connectivity index (χ4n) is 8.98. The number of nitrogens with zero attached hydrogens (tertiary/aromatic N) is 2. The quantitative estimate of drug-likeness (QED) is 0.191. The van der Waals surface area contributed by atoms with Crippen LogP contribution in [0.15, 0.2) is 168 Å². The molecule has 6 aromatic rings. The second-order valence-electron chi connectivity index (χ2n) is 15.1. The van der Waals surface area contributed by atoms with Crippen LogP contribution in [-0.4, -0.2) is 16.6 Å². The summed E-state index contributed by atoms with van der Waals surface area (Å²) in [7, 11) is 0. The van der Waals surface area contributed by atoms with Gasteiger partial charge in [0.2, 0.25) is 0 Å². The molecule has 0 radical (unpaired) electrons. The SMILES string of the molecule is CC1(C)c2ccccc2-c2cc3c4cc(-c5ccccc5)ccc4n(C4C=C(C5=NC(C6=CC=CCC6)NC(c6ccccc6)N5)C=CC4)c3cc21. The molecule has 4 heteroatoms. The van der Waals surface area contributed by atoms with Gasteiger partial charge in [-0.25, -0.2) is 4.99 Å². The second kappa shape index (κ2) is 12.2. The number of hydrogen-bond acceptors (Lipinski definition) is 3. The Bertz CT molecular complexity index is 2530. The predicted molar refractivity (Wildman–Crippen MR) is 216 cm³/mol. The van der Waals surface area contributed by atoms with E-state index in [-0.39, 0.29) is 23.8 Å². The molecule has 3 aliphatic carbocycles. The molecule has 1 aliphatic heterocycles. The first-order valence-corrected chi connectivity index (χ1v) is 18.7. The van der Waals surface area contributed by atoms with Crippen molar-refractivity contribution in [3.8, 4) is 22.3 Å². The number of rotatable bonds is 5. The Morgan fingerprint density at radius 2 is 1.52 bits per heavy atom. The van der Waals surface area contributed by atoms with Crippen molar-refractivity contribution in [1.29, 1.82) is 0 Å². The number of fused-ring (bicyclic) bond motifs is 6. The third-order valence-corrected chi connectivity index (χ3v) is 11.7. The molecule has 254 valence electrons. The molecule has 10 rings (SSSR count). The van der Waals surface area contributed by atoms with Crippen molar-refractivity contribution in [2.75, 3.05) is 0 Å². The molecular weight excluding hydrogens is 633 g/mol. The molecular formula is C48H42N4. The molecule has 0 saturated heterocycles. The van der Waals surface area contributed by atoms with Gasteiger partial charge < -0.3 is 9.88 Å². The standard InChI is InChI=1S/C48H42N4/c1-48(2)41-24-13-12-23-37(41)38-29-40-39-28-34(31-15-6-3-7-16-31)25-26-43(39)52(44(40)30-42(38)48)36-22-14-21-35(27-36)47-50-45(32-17-8-4-9-18-32)49-46(51-47)33-19-10-5-11-20-33/h3-10,12-19,21,23-30,36,45-46,49H,11,20,22H2,1-2H3,(H,50,51). The number of benzene rings is 5. The Morgan fingerprint density at radius 3 is 2.35 bits per heavy atom. The van der Waals surface area contributed by atoms with E-state index in [0.717, 1.165) is 30.7 Å². The molecule has 3 unspecified atom stereocenters. The molecule has 4 aliphatic rings. The first kappa shape index (κ1) is 31.1. The van der Waals surface area contributed by atoms with Crippen molar-refractivity contribution >= 4 is 27.6 Å². The number of nitrogens with one attached hydrogen (secondary N) is 2. The average molecular weight is 675 g/mol. The summed E-state index contributed by atoms with van der Waals surface area (Å²) >= 11 is 0. The summed E-state index contributed by atoms with van der Waals surface area (Å²) in [5.41, 5.74) is 14.1. The van der Waals surface area contributed by atoms with E-state index in [1.165, 1.54) is 66.3 Å². The minimum atomic E-state index is -0.0859. The highest BCUT2D eigenvalue weighted by Gasteiger charge is 2.36. The maximum atomic E-state index is 5.34. The molecule has 0 saturated carbocycles. The van der Waals surface area contributed by atoms with Gasteiger partial charge in [0.05, 0.1) is 11.6 Å². The lowest BCUT2D eigenvalue weighted by Crippen LogP contribution is -2.49. The largest absolute Gasteiger partial charge is 0.350 e. The topological polar surface area (TPSA) is 41.4 Å². The molecule has 1 aromatic heterocycles. The highest BCUT2D eigenvalue weighted by atomic mass is 15.3. The van der Waals surface area contributed by atoms with Crippen LogP contribution in [-0.2, 0) is 5.41 Å². The van der Waals surface area contributed by atoms with Crippen molar-refractivity contribution in [2.24, 2.45) is 4.99 Å². The zero-order valence-electron chi connectivity index (χ0n) is 29.7. The summed E-state index contributed by atoms with van der Waals surface area (Å²) < 4.78 is 2.60. The summed E-state index contributed by atoms with van der Waals surface area (Å²) in [6.45, 7) is 4.76. The van der Waals surface area contributed by atoms with Crippen LogP contribution in [0.5, 0.6) is 0 Å². The predicted octanol–water partition coefficient (Wildman–Crippen LogP) is 11.1. The van der Waals surface area contributed by atoms with Crippen LogP contribution in [0.25, 0.3) is 44.1 Å². The van der Waals surface area contributed by atoms with Gasteiger partial charge in [0, 0.05) is 27.3 Å². The van der Waals surface area contributed by atoms with E-state index in [1.54, 1.807) is 0 Å². The van der Waals surface area contributed by atoms with E-state index in [2.05, 4.69) is 181 Å². The molecule has 0 spiro atoms. The van der Waals surface area contributed by atoms with E-state index >= 15 is 0 Å². The summed E-state index contributed by atoms with van der Waals surface area (Å²) in [4.78, 5) is 5.34. The van der Waals surface area contributed by atoms with Gasteiger partial charge in [-0.05, 0) is 88.0 Å². The van der Waals surface area contributed by atoms with Crippen LogP contribution in [0.4, 0.5) is 0 Å². The highest BCUT2D eigenvalue weighted by molar-refractivity contribution is 6.12. The highest BCUT2D eigenvalue weighted by Crippen LogP contribution is 2.51. The lowest BCUT2D eigenvalue weighted by Gasteiger charge is -2.34. The summed E-state index contributed by atoms with van der Waals surface area (Å²) in [6.07, 6.45) is 16.6. The number of hydrogen-bond donors (Lipinski definition) is 2. The number of aromatic nitrogens is 1. The number of amidine groups is 1. The van der Waals surface area contributed by atoms with Gasteiger partial charge in [0.15, 0.2) is 0 Å². The molecule has 0 bridgehead atoms. The molecule has 52 heavy (non-hydrogen) atoms. The van der Waals surface area contributed by atoms with Crippen LogP contribution in [0.1, 0.15) is 62.0 Å². The zero-order chi connectivity index (χ0) is 34.8. The van der Waals surface area contributed by atoms with Crippen LogP contribution in [0.2, 0.25) is 0 Å². The molecule has 0 fully saturated rings. The Balaban J connectivity index is 1.14. The van der Waals surface area contributed by atoms with Gasteiger partial charge in [-0.3, -0.25) is 5.32 Å². The third kappa shape index (κ3) is 5.04.